The van der Waals surface area contributed by atoms with Gasteiger partial charge in [-0.1, -0.05) is 18.2 Å². The Morgan fingerprint density at radius 3 is 1.90 bits per heavy atom. The van der Waals surface area contributed by atoms with Crippen LogP contribution in [-0.2, 0) is 20.2 Å². The van der Waals surface area contributed by atoms with Gasteiger partial charge in [0, 0.05) is 0 Å². The number of rotatable bonds is 5. The van der Waals surface area contributed by atoms with E-state index >= 15 is 0 Å². The van der Waals surface area contributed by atoms with Crippen molar-refractivity contribution >= 4 is 20.2 Å². The summed E-state index contributed by atoms with van der Waals surface area (Å²) in [5.41, 5.74) is 0. The Bertz CT molecular complexity index is 680. The van der Waals surface area contributed by atoms with Gasteiger partial charge in [0.2, 0.25) is 0 Å². The molecule has 0 atom stereocenters. The van der Waals surface area contributed by atoms with Crippen molar-refractivity contribution in [2.24, 2.45) is 0 Å². The second-order valence-electron chi connectivity index (χ2n) is 4.35. The van der Waals surface area contributed by atoms with Crippen LogP contribution in [0.1, 0.15) is 13.8 Å². The van der Waals surface area contributed by atoms with E-state index in [0.29, 0.717) is 13.8 Å². The Balaban J connectivity index is 3.27. The predicted molar refractivity (Wildman–Crippen MR) is 66.6 cm³/mol. The summed E-state index contributed by atoms with van der Waals surface area (Å²) in [6, 6.07) is 6.40. The molecule has 1 aromatic rings. The van der Waals surface area contributed by atoms with Crippen molar-refractivity contribution in [3.8, 4) is 5.75 Å². The Morgan fingerprint density at radius 2 is 1.50 bits per heavy atom. The maximum absolute atomic E-state index is 13.9. The first-order chi connectivity index (χ1) is 8.83. The first-order valence-electron chi connectivity index (χ1n) is 5.17. The number of hydrogen-bond donors (Lipinski definition) is 1. The zero-order valence-electron chi connectivity index (χ0n) is 10.4. The predicted octanol–water partition coefficient (Wildman–Crippen LogP) is 1.65. The largest absolute Gasteiger partial charge is 0.401 e. The van der Waals surface area contributed by atoms with Gasteiger partial charge in [-0.05, 0) is 26.0 Å². The topological polar surface area (TPSA) is 97.7 Å². The van der Waals surface area contributed by atoms with Crippen molar-refractivity contribution in [1.82, 2.24) is 0 Å². The molecule has 0 saturated carbocycles. The van der Waals surface area contributed by atoms with Crippen LogP contribution in [0, 0.1) is 0 Å². The fraction of sp³-hybridized carbons (Fsp3) is 0.400. The maximum Gasteiger partial charge on any atom is 0.401 e. The monoisotopic (exact) mass is 330 g/mol. The number of alkyl halides is 2. The average Bonchev–Trinajstić information content (AvgIpc) is 2.27. The second-order valence-corrected chi connectivity index (χ2v) is 7.91. The minimum Gasteiger partial charge on any atom is -0.378 e. The number of halogens is 2. The summed E-state index contributed by atoms with van der Waals surface area (Å²) in [5, 5.41) is -4.86. The molecule has 0 unspecified atom stereocenters. The fourth-order valence-electron chi connectivity index (χ4n) is 1.11. The van der Waals surface area contributed by atoms with Crippen LogP contribution in [0.25, 0.3) is 0 Å². The van der Waals surface area contributed by atoms with Crippen molar-refractivity contribution in [3.05, 3.63) is 30.3 Å². The lowest BCUT2D eigenvalue weighted by molar-refractivity contribution is 0.0437. The zero-order chi connectivity index (χ0) is 15.8. The molecule has 1 rings (SSSR count). The SMILES string of the molecule is CC(C)(C(F)(F)S(=O)(=O)Oc1ccccc1)S(=O)(=O)O. The van der Waals surface area contributed by atoms with E-state index in [2.05, 4.69) is 4.18 Å². The molecule has 0 spiro atoms. The van der Waals surface area contributed by atoms with Gasteiger partial charge in [0.15, 0.2) is 4.75 Å². The Hall–Kier alpha value is -1.26. The molecule has 1 N–H and O–H groups in total. The van der Waals surface area contributed by atoms with E-state index < -0.39 is 36.0 Å². The van der Waals surface area contributed by atoms with Gasteiger partial charge in [-0.25, -0.2) is 0 Å². The van der Waals surface area contributed by atoms with E-state index in [9.17, 15) is 25.6 Å². The molecule has 0 aliphatic heterocycles. The second kappa shape index (κ2) is 4.93. The average molecular weight is 330 g/mol. The molecular weight excluding hydrogens is 318 g/mol. The molecule has 114 valence electrons. The third-order valence-electron chi connectivity index (χ3n) is 2.61. The quantitative estimate of drug-likeness (QED) is 0.651. The molecule has 6 nitrogen and oxygen atoms in total. The van der Waals surface area contributed by atoms with Crippen LogP contribution in [-0.4, -0.2) is 31.4 Å². The molecule has 0 aliphatic rings. The van der Waals surface area contributed by atoms with Gasteiger partial charge < -0.3 is 4.18 Å². The number of benzene rings is 1. The Labute approximate surface area is 115 Å². The molecule has 1 aromatic carbocycles. The summed E-state index contributed by atoms with van der Waals surface area (Å²) in [5.74, 6) is -0.404. The van der Waals surface area contributed by atoms with Crippen molar-refractivity contribution in [3.63, 3.8) is 0 Å². The third-order valence-corrected chi connectivity index (χ3v) is 5.83. The van der Waals surface area contributed by atoms with Gasteiger partial charge in [0.05, 0.1) is 0 Å². The summed E-state index contributed by atoms with van der Waals surface area (Å²) in [6.45, 7) is 0.766. The molecule has 0 aliphatic carbocycles. The number of hydrogen-bond acceptors (Lipinski definition) is 5. The third kappa shape index (κ3) is 2.76. The van der Waals surface area contributed by atoms with Crippen LogP contribution in [0.2, 0.25) is 0 Å². The van der Waals surface area contributed by atoms with Crippen molar-refractivity contribution in [2.45, 2.75) is 23.8 Å². The van der Waals surface area contributed by atoms with E-state index in [4.69, 9.17) is 4.55 Å². The van der Waals surface area contributed by atoms with Crippen LogP contribution >= 0.6 is 0 Å². The van der Waals surface area contributed by atoms with E-state index in [0.717, 1.165) is 12.1 Å². The molecule has 0 radical (unpaired) electrons. The molecule has 0 aromatic heterocycles. The number of para-hydroxylation sites is 1. The van der Waals surface area contributed by atoms with Crippen molar-refractivity contribution in [1.29, 1.82) is 0 Å². The van der Waals surface area contributed by atoms with Crippen molar-refractivity contribution < 1.29 is 34.4 Å². The molecular formula is C10H12F2O6S2. The lowest BCUT2D eigenvalue weighted by Crippen LogP contribution is -2.55. The first-order valence-corrected chi connectivity index (χ1v) is 8.02. The maximum atomic E-state index is 13.9. The molecule has 0 amide bonds. The molecule has 20 heavy (non-hydrogen) atoms. The van der Waals surface area contributed by atoms with Gasteiger partial charge >= 0.3 is 15.4 Å². The Morgan fingerprint density at radius 1 is 1.05 bits per heavy atom. The van der Waals surface area contributed by atoms with Crippen molar-refractivity contribution in [2.75, 3.05) is 0 Å². The normalized spacial score (nSPS) is 14.1. The highest BCUT2D eigenvalue weighted by Crippen LogP contribution is 2.40. The first kappa shape index (κ1) is 16.8. The smallest absolute Gasteiger partial charge is 0.378 e. The molecule has 0 fully saturated rings. The van der Waals surface area contributed by atoms with Crippen LogP contribution in [0.5, 0.6) is 5.75 Å². The van der Waals surface area contributed by atoms with Crippen LogP contribution in [0.3, 0.4) is 0 Å². The highest BCUT2D eigenvalue weighted by Gasteiger charge is 2.65. The summed E-state index contributed by atoms with van der Waals surface area (Å²) < 4.78 is 82.6. The minimum absolute atomic E-state index is 0.383. The minimum atomic E-state index is -5.63. The fourth-order valence-corrected chi connectivity index (χ4v) is 3.10. The molecule has 0 saturated heterocycles. The molecule has 10 heteroatoms. The Kier molecular flexibility index (Phi) is 4.14. The lowest BCUT2D eigenvalue weighted by Gasteiger charge is -2.29. The van der Waals surface area contributed by atoms with Gasteiger partial charge in [-0.2, -0.15) is 25.6 Å². The summed E-state index contributed by atoms with van der Waals surface area (Å²) in [4.78, 5) is 0. The summed E-state index contributed by atoms with van der Waals surface area (Å²) >= 11 is 0. The van der Waals surface area contributed by atoms with E-state index in [-0.39, 0.29) is 0 Å². The summed E-state index contributed by atoms with van der Waals surface area (Å²) in [6.07, 6.45) is 0. The van der Waals surface area contributed by atoms with Gasteiger partial charge in [-0.3, -0.25) is 4.55 Å². The van der Waals surface area contributed by atoms with E-state index in [1.54, 1.807) is 0 Å². The van der Waals surface area contributed by atoms with Gasteiger partial charge in [-0.15, -0.1) is 0 Å². The van der Waals surface area contributed by atoms with E-state index in [1.807, 2.05) is 0 Å². The standard InChI is InChI=1S/C10H12F2O6S2/c1-9(2,19(13,14)15)10(11,12)20(16,17)18-8-6-4-3-5-7-8/h3-7H,1-2H3,(H,13,14,15). The molecule has 0 heterocycles. The van der Waals surface area contributed by atoms with Crippen LogP contribution in [0.4, 0.5) is 8.78 Å². The van der Waals surface area contributed by atoms with Crippen LogP contribution < -0.4 is 4.18 Å². The zero-order valence-corrected chi connectivity index (χ0v) is 12.1. The highest BCUT2D eigenvalue weighted by molar-refractivity contribution is 7.92. The van der Waals surface area contributed by atoms with E-state index in [1.165, 1.54) is 18.2 Å². The van der Waals surface area contributed by atoms with Crippen LogP contribution in [0.15, 0.2) is 30.3 Å². The van der Waals surface area contributed by atoms with Gasteiger partial charge in [0.25, 0.3) is 10.1 Å². The lowest BCUT2D eigenvalue weighted by atomic mass is 10.2. The molecule has 0 bridgehead atoms. The summed E-state index contributed by atoms with van der Waals surface area (Å²) in [7, 11) is -11.0. The van der Waals surface area contributed by atoms with Gasteiger partial charge in [0.1, 0.15) is 5.75 Å². The highest BCUT2D eigenvalue weighted by atomic mass is 32.2.